The van der Waals surface area contributed by atoms with Crippen molar-refractivity contribution < 1.29 is 9.90 Å². The van der Waals surface area contributed by atoms with Crippen LogP contribution in [0.15, 0.2) is 24.3 Å². The first kappa shape index (κ1) is 9.58. The molecule has 1 aromatic rings. The monoisotopic (exact) mass is 178 g/mol. The van der Waals surface area contributed by atoms with Crippen LogP contribution in [-0.2, 0) is 5.11 Å². The van der Waals surface area contributed by atoms with Gasteiger partial charge in [0.1, 0.15) is 0 Å². The van der Waals surface area contributed by atoms with E-state index in [4.69, 9.17) is 0 Å². The summed E-state index contributed by atoms with van der Waals surface area (Å²) in [6.45, 7) is 4.17. The molecule has 0 saturated carbocycles. The molecule has 0 atom stereocenters. The van der Waals surface area contributed by atoms with Crippen molar-refractivity contribution >= 4 is 11.8 Å². The fourth-order valence-corrected chi connectivity index (χ4v) is 1.07. The Labute approximate surface area is 77.4 Å². The molecule has 13 heavy (non-hydrogen) atoms. The van der Waals surface area contributed by atoms with Gasteiger partial charge < -0.3 is 0 Å². The molecule has 1 aromatic carbocycles. The average Bonchev–Trinajstić information content (AvgIpc) is 2.04. The maximum atomic E-state index is 10.2. The highest BCUT2D eigenvalue weighted by Crippen LogP contribution is 2.16. The Balaban J connectivity index is 2.75. The van der Waals surface area contributed by atoms with Crippen LogP contribution in [0, 0.1) is 0 Å². The second kappa shape index (κ2) is 3.94. The second-order valence-corrected chi connectivity index (χ2v) is 3.19. The molecule has 0 saturated heterocycles. The molecule has 0 aliphatic heterocycles. The Bertz CT molecular complexity index is 290. The standard InChI is InChI=1S/C10H12NO2/c1-7(2)8-3-5-9(6-4-8)11-10(12)13/h3-7,11H,1-2H3. The number of hydrogen-bond donors (Lipinski definition) is 1. The first-order valence-corrected chi connectivity index (χ1v) is 4.17. The lowest BCUT2D eigenvalue weighted by Crippen LogP contribution is -2.05. The van der Waals surface area contributed by atoms with Crippen molar-refractivity contribution in [3.63, 3.8) is 0 Å². The molecule has 0 aliphatic carbocycles. The lowest BCUT2D eigenvalue weighted by molar-refractivity contribution is 0.185. The van der Waals surface area contributed by atoms with Gasteiger partial charge >= 0.3 is 6.09 Å². The number of amides is 1. The van der Waals surface area contributed by atoms with E-state index in [1.807, 2.05) is 12.1 Å². The lowest BCUT2D eigenvalue weighted by atomic mass is 10.0. The number of carbonyl (C=O) groups excluding carboxylic acids is 1. The molecule has 0 unspecified atom stereocenters. The summed E-state index contributed by atoms with van der Waals surface area (Å²) in [7, 11) is 0. The van der Waals surface area contributed by atoms with Crippen LogP contribution in [0.3, 0.4) is 0 Å². The van der Waals surface area contributed by atoms with Crippen molar-refractivity contribution in [1.82, 2.24) is 0 Å². The van der Waals surface area contributed by atoms with Gasteiger partial charge in [0.15, 0.2) is 0 Å². The van der Waals surface area contributed by atoms with Crippen LogP contribution in [0.25, 0.3) is 0 Å². The fourth-order valence-electron chi connectivity index (χ4n) is 1.07. The topological polar surface area (TPSA) is 49.0 Å². The van der Waals surface area contributed by atoms with E-state index in [0.29, 0.717) is 11.6 Å². The van der Waals surface area contributed by atoms with Gasteiger partial charge in [-0.05, 0) is 23.6 Å². The molecular weight excluding hydrogens is 166 g/mol. The largest absolute Gasteiger partial charge is 0.454 e. The minimum atomic E-state index is -1.28. The molecule has 69 valence electrons. The Morgan fingerprint density at radius 2 is 1.77 bits per heavy atom. The van der Waals surface area contributed by atoms with Crippen molar-refractivity contribution in [3.8, 4) is 0 Å². The predicted octanol–water partition coefficient (Wildman–Crippen LogP) is 2.77. The van der Waals surface area contributed by atoms with Gasteiger partial charge in [0.2, 0.25) is 0 Å². The molecule has 1 radical (unpaired) electrons. The third-order valence-corrected chi connectivity index (χ3v) is 1.82. The summed E-state index contributed by atoms with van der Waals surface area (Å²) in [5, 5.41) is 12.3. The van der Waals surface area contributed by atoms with E-state index in [9.17, 15) is 9.90 Å². The summed E-state index contributed by atoms with van der Waals surface area (Å²) in [5.41, 5.74) is 1.73. The average molecular weight is 178 g/mol. The summed E-state index contributed by atoms with van der Waals surface area (Å²) in [6.07, 6.45) is -1.28. The van der Waals surface area contributed by atoms with Gasteiger partial charge in [-0.1, -0.05) is 26.0 Å². The van der Waals surface area contributed by atoms with Crippen molar-refractivity contribution in [3.05, 3.63) is 29.8 Å². The molecule has 0 fully saturated rings. The molecular formula is C10H12NO2. The minimum absolute atomic E-state index is 0.456. The van der Waals surface area contributed by atoms with E-state index < -0.39 is 6.09 Å². The van der Waals surface area contributed by atoms with Crippen LogP contribution in [0.1, 0.15) is 25.3 Å². The van der Waals surface area contributed by atoms with Gasteiger partial charge in [0.25, 0.3) is 0 Å². The third kappa shape index (κ3) is 2.78. The molecule has 0 bridgehead atoms. The lowest BCUT2D eigenvalue weighted by Gasteiger charge is -2.05. The van der Waals surface area contributed by atoms with Gasteiger partial charge in [-0.2, -0.15) is 0 Å². The Kier molecular flexibility index (Phi) is 2.90. The highest BCUT2D eigenvalue weighted by molar-refractivity contribution is 5.82. The number of carbonyl (C=O) groups is 1. The van der Waals surface area contributed by atoms with E-state index >= 15 is 0 Å². The van der Waals surface area contributed by atoms with Crippen molar-refractivity contribution in [2.45, 2.75) is 19.8 Å². The normalized spacial score (nSPS) is 10.1. The van der Waals surface area contributed by atoms with Crippen molar-refractivity contribution in [2.75, 3.05) is 5.32 Å². The summed E-state index contributed by atoms with van der Waals surface area (Å²) in [6, 6.07) is 7.25. The molecule has 0 aliphatic rings. The van der Waals surface area contributed by atoms with Crippen LogP contribution >= 0.6 is 0 Å². The van der Waals surface area contributed by atoms with Gasteiger partial charge in [-0.3, -0.25) is 5.32 Å². The first-order valence-electron chi connectivity index (χ1n) is 4.17. The number of anilines is 1. The van der Waals surface area contributed by atoms with Crippen LogP contribution in [0.5, 0.6) is 0 Å². The molecule has 3 nitrogen and oxygen atoms in total. The van der Waals surface area contributed by atoms with Crippen molar-refractivity contribution in [1.29, 1.82) is 0 Å². The zero-order valence-electron chi connectivity index (χ0n) is 7.70. The summed E-state index contributed by atoms with van der Waals surface area (Å²) >= 11 is 0. The summed E-state index contributed by atoms with van der Waals surface area (Å²) in [5.74, 6) is 0.456. The molecule has 0 spiro atoms. The molecule has 1 N–H and O–H groups in total. The zero-order chi connectivity index (χ0) is 9.84. The van der Waals surface area contributed by atoms with Gasteiger partial charge in [0, 0.05) is 5.69 Å². The van der Waals surface area contributed by atoms with Gasteiger partial charge in [0.05, 0.1) is 0 Å². The van der Waals surface area contributed by atoms with Gasteiger partial charge in [-0.15, -0.1) is 0 Å². The minimum Gasteiger partial charge on any atom is -0.288 e. The van der Waals surface area contributed by atoms with Crippen molar-refractivity contribution in [2.24, 2.45) is 0 Å². The predicted molar refractivity (Wildman–Crippen MR) is 50.2 cm³/mol. The summed E-state index contributed by atoms with van der Waals surface area (Å²) in [4.78, 5) is 10.2. The Morgan fingerprint density at radius 3 is 2.15 bits per heavy atom. The number of rotatable bonds is 2. The van der Waals surface area contributed by atoms with E-state index in [1.54, 1.807) is 12.1 Å². The number of nitrogens with one attached hydrogen (secondary N) is 1. The number of benzene rings is 1. The smallest absolute Gasteiger partial charge is 0.288 e. The molecule has 1 rings (SSSR count). The van der Waals surface area contributed by atoms with Gasteiger partial charge in [-0.25, -0.2) is 9.90 Å². The van der Waals surface area contributed by atoms with E-state index in [2.05, 4.69) is 19.2 Å². The maximum Gasteiger partial charge on any atom is 0.454 e. The van der Waals surface area contributed by atoms with E-state index in [-0.39, 0.29) is 0 Å². The third-order valence-electron chi connectivity index (χ3n) is 1.82. The van der Waals surface area contributed by atoms with E-state index in [0.717, 1.165) is 0 Å². The van der Waals surface area contributed by atoms with Crippen LogP contribution in [0.2, 0.25) is 0 Å². The maximum absolute atomic E-state index is 10.2. The molecule has 1 amide bonds. The quantitative estimate of drug-likeness (QED) is 0.743. The fraction of sp³-hybridized carbons (Fsp3) is 0.300. The van der Waals surface area contributed by atoms with Crippen LogP contribution in [0.4, 0.5) is 10.5 Å². The number of hydrogen-bond acceptors (Lipinski definition) is 1. The first-order chi connectivity index (χ1) is 6.09. The van der Waals surface area contributed by atoms with Crippen LogP contribution in [-0.4, -0.2) is 6.09 Å². The summed E-state index contributed by atoms with van der Waals surface area (Å²) < 4.78 is 0. The highest BCUT2D eigenvalue weighted by Gasteiger charge is 2.01. The SMILES string of the molecule is CC(C)c1ccc(NC([O])=O)cc1. The second-order valence-electron chi connectivity index (χ2n) is 3.19. The zero-order valence-corrected chi connectivity index (χ0v) is 7.70. The molecule has 0 aromatic heterocycles. The molecule has 0 heterocycles. The van der Waals surface area contributed by atoms with E-state index in [1.165, 1.54) is 5.56 Å². The Morgan fingerprint density at radius 1 is 1.23 bits per heavy atom. The Hall–Kier alpha value is -1.51. The van der Waals surface area contributed by atoms with Crippen LogP contribution < -0.4 is 5.32 Å². The highest BCUT2D eigenvalue weighted by atomic mass is 16.4. The molecule has 3 heteroatoms.